The molecule has 0 saturated heterocycles. The minimum Gasteiger partial charge on any atom is -0.451 e. The van der Waals surface area contributed by atoms with Gasteiger partial charge in [0, 0.05) is 15.8 Å². The van der Waals surface area contributed by atoms with Crippen molar-refractivity contribution in [3.63, 3.8) is 0 Å². The summed E-state index contributed by atoms with van der Waals surface area (Å²) in [7, 11) is 0. The van der Waals surface area contributed by atoms with E-state index in [-0.39, 0.29) is 12.0 Å². The normalized spacial score (nSPS) is 11.4. The Hall–Kier alpha value is -2.37. The maximum atomic E-state index is 12.3. The van der Waals surface area contributed by atoms with E-state index in [0.29, 0.717) is 15.6 Å². The number of thiophene rings is 1. The summed E-state index contributed by atoms with van der Waals surface area (Å²) >= 11 is 7.51. The molecule has 0 bridgehead atoms. The van der Waals surface area contributed by atoms with Crippen LogP contribution in [0.25, 0.3) is 10.1 Å². The van der Waals surface area contributed by atoms with Crippen LogP contribution in [0.2, 0.25) is 5.02 Å². The second kappa shape index (κ2) is 7.71. The van der Waals surface area contributed by atoms with Crippen LogP contribution in [0.1, 0.15) is 36.0 Å². The number of rotatable bonds is 4. The Kier molecular flexibility index (Phi) is 5.53. The lowest BCUT2D eigenvalue weighted by Crippen LogP contribution is -2.20. The average molecular weight is 402 g/mol. The van der Waals surface area contributed by atoms with Gasteiger partial charge in [-0.3, -0.25) is 4.79 Å². The fraction of sp³-hybridized carbons (Fsp3) is 0.238. The Morgan fingerprint density at radius 2 is 1.74 bits per heavy atom. The first-order chi connectivity index (χ1) is 12.8. The first-order valence-corrected chi connectivity index (χ1v) is 9.70. The smallest absolute Gasteiger partial charge is 0.350 e. The lowest BCUT2D eigenvalue weighted by atomic mass is 9.87. The van der Waals surface area contributed by atoms with Gasteiger partial charge in [-0.05, 0) is 29.2 Å². The second-order valence-electron chi connectivity index (χ2n) is 7.19. The molecule has 3 aromatic rings. The fourth-order valence-corrected chi connectivity index (χ4v) is 3.99. The topological polar surface area (TPSA) is 55.4 Å². The minimum atomic E-state index is -0.598. The molecule has 1 amide bonds. The van der Waals surface area contributed by atoms with E-state index >= 15 is 0 Å². The van der Waals surface area contributed by atoms with Gasteiger partial charge in [-0.2, -0.15) is 0 Å². The lowest BCUT2D eigenvalue weighted by Gasteiger charge is -2.19. The van der Waals surface area contributed by atoms with Crippen molar-refractivity contribution >= 4 is 50.6 Å². The highest BCUT2D eigenvalue weighted by atomic mass is 35.5. The van der Waals surface area contributed by atoms with Gasteiger partial charge in [0.15, 0.2) is 6.61 Å². The van der Waals surface area contributed by atoms with Gasteiger partial charge >= 0.3 is 5.97 Å². The third-order valence-electron chi connectivity index (χ3n) is 4.09. The van der Waals surface area contributed by atoms with E-state index in [0.717, 1.165) is 10.1 Å². The lowest BCUT2D eigenvalue weighted by molar-refractivity contribution is -0.119. The summed E-state index contributed by atoms with van der Waals surface area (Å²) in [5, 5.41) is 3.89. The number of amides is 1. The molecule has 0 saturated carbocycles. The number of fused-ring (bicyclic) bond motifs is 1. The Balaban J connectivity index is 1.60. The number of hydrogen-bond acceptors (Lipinski definition) is 4. The second-order valence-corrected chi connectivity index (χ2v) is 8.62. The van der Waals surface area contributed by atoms with Gasteiger partial charge in [0.1, 0.15) is 4.88 Å². The number of anilines is 1. The van der Waals surface area contributed by atoms with Crippen molar-refractivity contribution in [1.82, 2.24) is 0 Å². The summed E-state index contributed by atoms with van der Waals surface area (Å²) in [6, 6.07) is 15.1. The molecule has 140 valence electrons. The first-order valence-electron chi connectivity index (χ1n) is 8.50. The quantitative estimate of drug-likeness (QED) is 0.575. The van der Waals surface area contributed by atoms with Crippen molar-refractivity contribution in [1.29, 1.82) is 0 Å². The zero-order valence-electron chi connectivity index (χ0n) is 15.3. The van der Waals surface area contributed by atoms with E-state index in [9.17, 15) is 9.59 Å². The standard InChI is InChI=1S/C21H20ClNO3S/c1-21(2,3)13-8-10-14(11-9-13)23-17(24)12-26-20(25)19-18(22)15-6-4-5-7-16(15)27-19/h4-11H,12H2,1-3H3,(H,23,24). The molecular formula is C21H20ClNO3S. The van der Waals surface area contributed by atoms with Crippen LogP contribution < -0.4 is 5.32 Å². The molecular weight excluding hydrogens is 382 g/mol. The number of hydrogen-bond donors (Lipinski definition) is 1. The van der Waals surface area contributed by atoms with Crippen LogP contribution in [0.5, 0.6) is 0 Å². The zero-order chi connectivity index (χ0) is 19.6. The monoisotopic (exact) mass is 401 g/mol. The summed E-state index contributed by atoms with van der Waals surface area (Å²) in [5.41, 5.74) is 1.87. The summed E-state index contributed by atoms with van der Waals surface area (Å²) in [6.07, 6.45) is 0. The highest BCUT2D eigenvalue weighted by Crippen LogP contribution is 2.35. The van der Waals surface area contributed by atoms with Gasteiger partial charge in [-0.25, -0.2) is 4.79 Å². The Morgan fingerprint density at radius 3 is 2.37 bits per heavy atom. The molecule has 1 heterocycles. The van der Waals surface area contributed by atoms with Crippen molar-refractivity contribution in [2.75, 3.05) is 11.9 Å². The Labute approximate surface area is 167 Å². The van der Waals surface area contributed by atoms with Crippen LogP contribution in [0.15, 0.2) is 48.5 Å². The molecule has 27 heavy (non-hydrogen) atoms. The zero-order valence-corrected chi connectivity index (χ0v) is 16.9. The molecule has 0 atom stereocenters. The Morgan fingerprint density at radius 1 is 1.07 bits per heavy atom. The van der Waals surface area contributed by atoms with Crippen molar-refractivity contribution in [2.45, 2.75) is 26.2 Å². The van der Waals surface area contributed by atoms with Gasteiger partial charge in [0.25, 0.3) is 5.91 Å². The summed E-state index contributed by atoms with van der Waals surface area (Å²) < 4.78 is 6.03. The number of halogens is 1. The molecule has 0 spiro atoms. The van der Waals surface area contributed by atoms with E-state index in [1.807, 2.05) is 48.5 Å². The van der Waals surface area contributed by atoms with Crippen molar-refractivity contribution in [3.8, 4) is 0 Å². The van der Waals surface area contributed by atoms with E-state index in [1.54, 1.807) is 0 Å². The predicted octanol–water partition coefficient (Wildman–Crippen LogP) is 5.65. The summed E-state index contributed by atoms with van der Waals surface area (Å²) in [6.45, 7) is 6.00. The number of nitrogens with one attached hydrogen (secondary N) is 1. The van der Waals surface area contributed by atoms with E-state index in [4.69, 9.17) is 16.3 Å². The van der Waals surface area contributed by atoms with Crippen LogP contribution in [-0.2, 0) is 14.9 Å². The van der Waals surface area contributed by atoms with Gasteiger partial charge < -0.3 is 10.1 Å². The molecule has 0 aliphatic heterocycles. The van der Waals surface area contributed by atoms with E-state index in [1.165, 1.54) is 16.9 Å². The maximum absolute atomic E-state index is 12.3. The van der Waals surface area contributed by atoms with E-state index < -0.39 is 11.9 Å². The summed E-state index contributed by atoms with van der Waals surface area (Å²) in [5.74, 6) is -0.997. The number of benzene rings is 2. The SMILES string of the molecule is CC(C)(C)c1ccc(NC(=O)COC(=O)c2sc3ccccc3c2Cl)cc1. The molecule has 2 aromatic carbocycles. The van der Waals surface area contributed by atoms with Gasteiger partial charge in [-0.15, -0.1) is 11.3 Å². The maximum Gasteiger partial charge on any atom is 0.350 e. The van der Waals surface area contributed by atoms with Crippen molar-refractivity contribution in [2.24, 2.45) is 0 Å². The highest BCUT2D eigenvalue weighted by Gasteiger charge is 2.19. The fourth-order valence-electron chi connectivity index (χ4n) is 2.59. The molecule has 0 aliphatic carbocycles. The van der Waals surface area contributed by atoms with Gasteiger partial charge in [0.2, 0.25) is 0 Å². The minimum absolute atomic E-state index is 0.0432. The van der Waals surface area contributed by atoms with Gasteiger partial charge in [-0.1, -0.05) is 62.7 Å². The largest absolute Gasteiger partial charge is 0.451 e. The summed E-state index contributed by atoms with van der Waals surface area (Å²) in [4.78, 5) is 24.6. The Bertz CT molecular complexity index is 987. The van der Waals surface area contributed by atoms with Crippen LogP contribution in [0.4, 0.5) is 5.69 Å². The predicted molar refractivity (Wildman–Crippen MR) is 111 cm³/mol. The van der Waals surface area contributed by atoms with Crippen molar-refractivity contribution in [3.05, 3.63) is 64.0 Å². The molecule has 1 aromatic heterocycles. The number of carbonyl (C=O) groups excluding carboxylic acids is 2. The van der Waals surface area contributed by atoms with E-state index in [2.05, 4.69) is 26.1 Å². The highest BCUT2D eigenvalue weighted by molar-refractivity contribution is 7.21. The van der Waals surface area contributed by atoms with Gasteiger partial charge in [0.05, 0.1) is 5.02 Å². The molecule has 3 rings (SSSR count). The third-order valence-corrected chi connectivity index (χ3v) is 5.74. The molecule has 1 N–H and O–H groups in total. The van der Waals surface area contributed by atoms with Crippen LogP contribution in [-0.4, -0.2) is 18.5 Å². The number of esters is 1. The third kappa shape index (κ3) is 4.49. The molecule has 0 unspecified atom stereocenters. The molecule has 0 radical (unpaired) electrons. The first kappa shape index (κ1) is 19.4. The molecule has 0 fully saturated rings. The molecule has 0 aliphatic rings. The van der Waals surface area contributed by atoms with Crippen LogP contribution in [0, 0.1) is 0 Å². The van der Waals surface area contributed by atoms with Crippen LogP contribution in [0.3, 0.4) is 0 Å². The average Bonchev–Trinajstić information content (AvgIpc) is 2.97. The molecule has 4 nitrogen and oxygen atoms in total. The van der Waals surface area contributed by atoms with Crippen LogP contribution >= 0.6 is 22.9 Å². The van der Waals surface area contributed by atoms with Crippen molar-refractivity contribution < 1.29 is 14.3 Å². The number of ether oxygens (including phenoxy) is 1. The molecule has 6 heteroatoms. The number of carbonyl (C=O) groups is 2.